The van der Waals surface area contributed by atoms with Crippen LogP contribution in [0.4, 0.5) is 5.82 Å². The first-order chi connectivity index (χ1) is 9.97. The molecule has 2 heterocycles. The van der Waals surface area contributed by atoms with Crippen molar-refractivity contribution in [1.29, 1.82) is 5.26 Å². The highest BCUT2D eigenvalue weighted by molar-refractivity contribution is 7.18. The third-order valence-electron chi connectivity index (χ3n) is 3.84. The van der Waals surface area contributed by atoms with E-state index in [0.717, 1.165) is 21.9 Å². The highest BCUT2D eigenvalue weighted by Crippen LogP contribution is 2.33. The van der Waals surface area contributed by atoms with Crippen LogP contribution in [0.2, 0.25) is 0 Å². The predicted octanol–water partition coefficient (Wildman–Crippen LogP) is 3.08. The Bertz CT molecular complexity index is 685. The standard InChI is InChI=1S/C15H21N5S/c1-9(6-7-16)20(5)8-12-18-14(17-4)13-10(2)11(3)21-15(13)19-12/h9H,6,8H2,1-5H3,(H,17,18,19). The summed E-state index contributed by atoms with van der Waals surface area (Å²) in [6.45, 7) is 6.91. The number of hydrogen-bond acceptors (Lipinski definition) is 6. The van der Waals surface area contributed by atoms with Gasteiger partial charge in [-0.05, 0) is 33.4 Å². The Morgan fingerprint density at radius 3 is 2.71 bits per heavy atom. The maximum absolute atomic E-state index is 8.79. The molecule has 0 aromatic carbocycles. The molecule has 0 aliphatic heterocycles. The molecule has 112 valence electrons. The van der Waals surface area contributed by atoms with Gasteiger partial charge in [0.05, 0.1) is 24.4 Å². The fourth-order valence-electron chi connectivity index (χ4n) is 2.21. The van der Waals surface area contributed by atoms with Crippen LogP contribution in [-0.4, -0.2) is 35.0 Å². The molecule has 0 saturated heterocycles. The fourth-order valence-corrected chi connectivity index (χ4v) is 3.26. The third-order valence-corrected chi connectivity index (χ3v) is 4.94. The van der Waals surface area contributed by atoms with Gasteiger partial charge in [0.25, 0.3) is 0 Å². The first-order valence-corrected chi connectivity index (χ1v) is 7.81. The minimum Gasteiger partial charge on any atom is -0.372 e. The number of anilines is 1. The van der Waals surface area contributed by atoms with E-state index in [4.69, 9.17) is 10.2 Å². The molecular formula is C15H21N5S. The molecule has 0 radical (unpaired) electrons. The van der Waals surface area contributed by atoms with Gasteiger partial charge >= 0.3 is 0 Å². The number of nitriles is 1. The Labute approximate surface area is 129 Å². The summed E-state index contributed by atoms with van der Waals surface area (Å²) in [5, 5.41) is 13.1. The lowest BCUT2D eigenvalue weighted by atomic mass is 10.2. The van der Waals surface area contributed by atoms with E-state index >= 15 is 0 Å². The van der Waals surface area contributed by atoms with Gasteiger partial charge in [0, 0.05) is 18.0 Å². The zero-order valence-electron chi connectivity index (χ0n) is 13.2. The second kappa shape index (κ2) is 6.37. The van der Waals surface area contributed by atoms with Gasteiger partial charge in [-0.3, -0.25) is 4.90 Å². The smallest absolute Gasteiger partial charge is 0.146 e. The number of nitrogens with zero attached hydrogens (tertiary/aromatic N) is 4. The summed E-state index contributed by atoms with van der Waals surface area (Å²) in [7, 11) is 3.89. The number of hydrogen-bond donors (Lipinski definition) is 1. The van der Waals surface area contributed by atoms with E-state index in [2.05, 4.69) is 35.1 Å². The second-order valence-corrected chi connectivity index (χ2v) is 6.53. The first-order valence-electron chi connectivity index (χ1n) is 6.99. The van der Waals surface area contributed by atoms with Crippen molar-refractivity contribution >= 4 is 27.4 Å². The molecule has 0 amide bonds. The molecule has 2 rings (SSSR count). The average molecular weight is 303 g/mol. The van der Waals surface area contributed by atoms with Crippen LogP contribution in [0.3, 0.4) is 0 Å². The minimum absolute atomic E-state index is 0.194. The molecule has 0 saturated carbocycles. The van der Waals surface area contributed by atoms with Crippen molar-refractivity contribution in [2.75, 3.05) is 19.4 Å². The van der Waals surface area contributed by atoms with Gasteiger partial charge in [0.15, 0.2) is 0 Å². The van der Waals surface area contributed by atoms with Crippen molar-refractivity contribution in [2.24, 2.45) is 0 Å². The molecule has 0 aliphatic rings. The normalized spacial score (nSPS) is 12.6. The topological polar surface area (TPSA) is 64.8 Å². The number of aryl methyl sites for hydroxylation is 2. The second-order valence-electron chi connectivity index (χ2n) is 5.33. The van der Waals surface area contributed by atoms with Gasteiger partial charge in [-0.1, -0.05) is 0 Å². The molecule has 0 spiro atoms. The molecule has 0 fully saturated rings. The van der Waals surface area contributed by atoms with Crippen molar-refractivity contribution in [3.05, 3.63) is 16.3 Å². The van der Waals surface area contributed by atoms with E-state index in [1.807, 2.05) is 21.0 Å². The first kappa shape index (κ1) is 15.7. The summed E-state index contributed by atoms with van der Waals surface area (Å²) < 4.78 is 0. The molecule has 5 nitrogen and oxygen atoms in total. The van der Waals surface area contributed by atoms with Crippen molar-refractivity contribution in [1.82, 2.24) is 14.9 Å². The lowest BCUT2D eigenvalue weighted by molar-refractivity contribution is 0.247. The van der Waals surface area contributed by atoms with Gasteiger partial charge in [0.2, 0.25) is 0 Å². The minimum atomic E-state index is 0.194. The van der Waals surface area contributed by atoms with Crippen molar-refractivity contribution in [2.45, 2.75) is 39.8 Å². The largest absolute Gasteiger partial charge is 0.372 e. The average Bonchev–Trinajstić information content (AvgIpc) is 2.73. The van der Waals surface area contributed by atoms with Gasteiger partial charge in [-0.15, -0.1) is 11.3 Å². The van der Waals surface area contributed by atoms with Crippen LogP contribution in [0.5, 0.6) is 0 Å². The van der Waals surface area contributed by atoms with Crippen molar-refractivity contribution in [3.8, 4) is 6.07 Å². The van der Waals surface area contributed by atoms with Crippen LogP contribution in [0, 0.1) is 25.2 Å². The number of thiophene rings is 1. The van der Waals surface area contributed by atoms with Crippen molar-refractivity contribution in [3.63, 3.8) is 0 Å². The van der Waals surface area contributed by atoms with Crippen LogP contribution in [0.1, 0.15) is 29.6 Å². The lowest BCUT2D eigenvalue weighted by Gasteiger charge is -2.21. The molecule has 0 bridgehead atoms. The molecular weight excluding hydrogens is 282 g/mol. The quantitative estimate of drug-likeness (QED) is 0.919. The number of fused-ring (bicyclic) bond motifs is 1. The summed E-state index contributed by atoms with van der Waals surface area (Å²) in [5.41, 5.74) is 1.25. The van der Waals surface area contributed by atoms with Crippen LogP contribution < -0.4 is 5.32 Å². The van der Waals surface area contributed by atoms with E-state index in [1.165, 1.54) is 10.4 Å². The van der Waals surface area contributed by atoms with Crippen molar-refractivity contribution < 1.29 is 0 Å². The molecule has 1 unspecified atom stereocenters. The van der Waals surface area contributed by atoms with Gasteiger partial charge in [-0.2, -0.15) is 5.26 Å². The fraction of sp³-hybridized carbons (Fsp3) is 0.533. The number of nitrogens with one attached hydrogen (secondary N) is 1. The van der Waals surface area contributed by atoms with Crippen LogP contribution in [0.25, 0.3) is 10.2 Å². The molecule has 1 N–H and O–H groups in total. The molecule has 2 aromatic rings. The monoisotopic (exact) mass is 303 g/mol. The Hall–Kier alpha value is -1.71. The predicted molar refractivity (Wildman–Crippen MR) is 87.6 cm³/mol. The van der Waals surface area contributed by atoms with E-state index in [1.54, 1.807) is 11.3 Å². The Morgan fingerprint density at radius 1 is 1.38 bits per heavy atom. The van der Waals surface area contributed by atoms with E-state index in [-0.39, 0.29) is 6.04 Å². The zero-order chi connectivity index (χ0) is 15.6. The number of rotatable bonds is 5. The van der Waals surface area contributed by atoms with E-state index < -0.39 is 0 Å². The van der Waals surface area contributed by atoms with Gasteiger partial charge < -0.3 is 5.32 Å². The summed E-state index contributed by atoms with van der Waals surface area (Å²) in [5.74, 6) is 1.68. The molecule has 21 heavy (non-hydrogen) atoms. The Kier molecular flexibility index (Phi) is 4.76. The molecule has 6 heteroatoms. The highest BCUT2D eigenvalue weighted by atomic mass is 32.1. The maximum Gasteiger partial charge on any atom is 0.146 e. The van der Waals surface area contributed by atoms with Crippen LogP contribution in [0.15, 0.2) is 0 Å². The summed E-state index contributed by atoms with van der Waals surface area (Å²) in [4.78, 5) is 13.7. The number of aromatic nitrogens is 2. The zero-order valence-corrected chi connectivity index (χ0v) is 14.0. The van der Waals surface area contributed by atoms with Crippen LogP contribution in [-0.2, 0) is 6.54 Å². The third kappa shape index (κ3) is 3.14. The maximum atomic E-state index is 8.79. The molecule has 0 aliphatic carbocycles. The lowest BCUT2D eigenvalue weighted by Crippen LogP contribution is -2.29. The summed E-state index contributed by atoms with van der Waals surface area (Å²) in [6.07, 6.45) is 0.509. The molecule has 2 aromatic heterocycles. The summed E-state index contributed by atoms with van der Waals surface area (Å²) in [6, 6.07) is 2.40. The molecule has 1 atom stereocenters. The Balaban J connectivity index is 2.36. The highest BCUT2D eigenvalue weighted by Gasteiger charge is 2.16. The summed E-state index contributed by atoms with van der Waals surface area (Å²) >= 11 is 1.71. The van der Waals surface area contributed by atoms with Gasteiger partial charge in [0.1, 0.15) is 16.5 Å². The van der Waals surface area contributed by atoms with E-state index in [9.17, 15) is 0 Å². The van der Waals surface area contributed by atoms with Crippen LogP contribution >= 0.6 is 11.3 Å². The van der Waals surface area contributed by atoms with E-state index in [0.29, 0.717) is 13.0 Å². The van der Waals surface area contributed by atoms with Gasteiger partial charge in [-0.25, -0.2) is 9.97 Å². The SMILES string of the molecule is CNc1nc(CN(C)C(C)CC#N)nc2sc(C)c(C)c12. The Morgan fingerprint density at radius 2 is 2.10 bits per heavy atom.